The van der Waals surface area contributed by atoms with Crippen LogP contribution in [0.3, 0.4) is 0 Å². The molecule has 31 heavy (non-hydrogen) atoms. The summed E-state index contributed by atoms with van der Waals surface area (Å²) in [5, 5.41) is 8.72. The van der Waals surface area contributed by atoms with E-state index in [9.17, 15) is 9.59 Å². The van der Waals surface area contributed by atoms with Crippen LogP contribution >= 0.6 is 0 Å². The van der Waals surface area contributed by atoms with Crippen LogP contribution in [0.1, 0.15) is 35.7 Å². The molecule has 1 heterocycles. The van der Waals surface area contributed by atoms with Gasteiger partial charge in [-0.1, -0.05) is 18.2 Å². The summed E-state index contributed by atoms with van der Waals surface area (Å²) in [6, 6.07) is 12.5. The number of hydrogen-bond acceptors (Lipinski definition) is 5. The van der Waals surface area contributed by atoms with E-state index >= 15 is 0 Å². The Bertz CT molecular complexity index is 968. The number of carbonyl (C=O) groups is 2. The van der Waals surface area contributed by atoms with Gasteiger partial charge in [0, 0.05) is 24.8 Å². The van der Waals surface area contributed by atoms with E-state index in [4.69, 9.17) is 9.47 Å². The first kappa shape index (κ1) is 22.3. The summed E-state index contributed by atoms with van der Waals surface area (Å²) in [4.78, 5) is 28.9. The van der Waals surface area contributed by atoms with Gasteiger partial charge >= 0.3 is 0 Å². The Labute approximate surface area is 182 Å². The second-order valence-electron chi connectivity index (χ2n) is 7.31. The lowest BCUT2D eigenvalue weighted by molar-refractivity contribution is -0.114. The second kappa shape index (κ2) is 10.6. The Hall–Kier alpha value is -3.39. The van der Waals surface area contributed by atoms with E-state index in [0.29, 0.717) is 35.2 Å². The van der Waals surface area contributed by atoms with Crippen molar-refractivity contribution >= 4 is 29.1 Å². The molecule has 0 aliphatic carbocycles. The number of aryl methyl sites for hydroxylation is 1. The molecule has 2 aromatic rings. The van der Waals surface area contributed by atoms with Gasteiger partial charge < -0.3 is 20.1 Å². The van der Waals surface area contributed by atoms with Gasteiger partial charge in [0.1, 0.15) is 5.75 Å². The summed E-state index contributed by atoms with van der Waals surface area (Å²) >= 11 is 0. The fraction of sp³-hybridized carbons (Fsp3) is 0.348. The van der Waals surface area contributed by atoms with Gasteiger partial charge in [-0.2, -0.15) is 0 Å². The number of nitrogens with zero attached hydrogens (tertiary/aromatic N) is 1. The van der Waals surface area contributed by atoms with Crippen LogP contribution in [0.25, 0.3) is 0 Å². The standard InChI is InChI=1S/C23H28N4O4/c1-15-10-11-17(13-20(15)25-16(2)28)22(29)27-23(24-14-18-7-6-12-31-18)26-19-8-4-5-9-21(19)30-3/h4-5,8-11,13,18H,6-7,12,14H2,1-3H3,(H,25,28)(H2,24,26,27,29). The molecular formula is C23H28N4O4. The van der Waals surface area contributed by atoms with Crippen molar-refractivity contribution in [2.24, 2.45) is 4.99 Å². The number of amides is 2. The van der Waals surface area contributed by atoms with Gasteiger partial charge in [-0.15, -0.1) is 0 Å². The first-order valence-electron chi connectivity index (χ1n) is 10.2. The number of anilines is 2. The summed E-state index contributed by atoms with van der Waals surface area (Å²) in [7, 11) is 1.58. The number of rotatable bonds is 6. The number of guanidine groups is 1. The molecule has 1 unspecified atom stereocenters. The molecule has 8 nitrogen and oxygen atoms in total. The number of aliphatic imine (C=N–C) groups is 1. The van der Waals surface area contributed by atoms with Crippen molar-refractivity contribution in [2.45, 2.75) is 32.8 Å². The van der Waals surface area contributed by atoms with E-state index in [-0.39, 0.29) is 17.9 Å². The quantitative estimate of drug-likeness (QED) is 0.488. The highest BCUT2D eigenvalue weighted by molar-refractivity contribution is 6.10. The lowest BCUT2D eigenvalue weighted by Gasteiger charge is -2.16. The Morgan fingerprint density at radius 2 is 1.97 bits per heavy atom. The summed E-state index contributed by atoms with van der Waals surface area (Å²) < 4.78 is 11.0. The number of para-hydroxylation sites is 2. The van der Waals surface area contributed by atoms with Gasteiger partial charge in [0.2, 0.25) is 11.9 Å². The van der Waals surface area contributed by atoms with Crippen molar-refractivity contribution in [3.05, 3.63) is 53.6 Å². The molecule has 1 aliphatic rings. The Kier molecular flexibility index (Phi) is 7.61. The summed E-state index contributed by atoms with van der Waals surface area (Å²) in [5.41, 5.74) is 2.54. The highest BCUT2D eigenvalue weighted by Gasteiger charge is 2.17. The predicted octanol–water partition coefficient (Wildman–Crippen LogP) is 3.34. The summed E-state index contributed by atoms with van der Waals surface area (Å²) in [6.45, 7) is 4.46. The zero-order valence-electron chi connectivity index (χ0n) is 18.0. The maximum Gasteiger partial charge on any atom is 0.258 e. The molecule has 0 radical (unpaired) electrons. The monoisotopic (exact) mass is 424 g/mol. The van der Waals surface area contributed by atoms with Crippen molar-refractivity contribution in [1.29, 1.82) is 0 Å². The summed E-state index contributed by atoms with van der Waals surface area (Å²) in [5.74, 6) is 0.383. The van der Waals surface area contributed by atoms with Gasteiger partial charge in [-0.05, 0) is 49.6 Å². The summed E-state index contributed by atoms with van der Waals surface area (Å²) in [6.07, 6.45) is 1.99. The van der Waals surface area contributed by atoms with E-state index in [1.807, 2.05) is 31.2 Å². The number of ether oxygens (including phenoxy) is 2. The smallest absolute Gasteiger partial charge is 0.258 e. The highest BCUT2D eigenvalue weighted by Crippen LogP contribution is 2.23. The fourth-order valence-electron chi connectivity index (χ4n) is 3.23. The van der Waals surface area contributed by atoms with Gasteiger partial charge in [-0.3, -0.25) is 14.9 Å². The molecule has 3 rings (SSSR count). The first-order valence-corrected chi connectivity index (χ1v) is 10.2. The minimum atomic E-state index is -0.347. The zero-order valence-corrected chi connectivity index (χ0v) is 18.0. The van der Waals surface area contributed by atoms with Crippen LogP contribution in [0, 0.1) is 6.92 Å². The molecule has 1 fully saturated rings. The molecule has 1 atom stereocenters. The molecule has 0 saturated carbocycles. The van der Waals surface area contributed by atoms with Crippen LogP contribution in [0.2, 0.25) is 0 Å². The molecular weight excluding hydrogens is 396 g/mol. The third kappa shape index (κ3) is 6.29. The minimum absolute atomic E-state index is 0.0390. The number of benzene rings is 2. The molecule has 3 N–H and O–H groups in total. The Balaban J connectivity index is 1.81. The van der Waals surface area contributed by atoms with Crippen molar-refractivity contribution in [2.75, 3.05) is 30.9 Å². The van der Waals surface area contributed by atoms with E-state index in [0.717, 1.165) is 25.0 Å². The normalized spacial score (nSPS) is 16.0. The van der Waals surface area contributed by atoms with Crippen LogP contribution in [-0.4, -0.2) is 44.1 Å². The van der Waals surface area contributed by atoms with Crippen LogP contribution < -0.4 is 20.7 Å². The Morgan fingerprint density at radius 3 is 2.68 bits per heavy atom. The lowest BCUT2D eigenvalue weighted by atomic mass is 10.1. The molecule has 2 amide bonds. The molecule has 2 aromatic carbocycles. The van der Waals surface area contributed by atoms with Crippen LogP contribution in [0.4, 0.5) is 11.4 Å². The third-order valence-corrected chi connectivity index (χ3v) is 4.88. The molecule has 0 spiro atoms. The maximum absolute atomic E-state index is 12.9. The third-order valence-electron chi connectivity index (χ3n) is 4.88. The first-order chi connectivity index (χ1) is 15.0. The number of methoxy groups -OCH3 is 1. The van der Waals surface area contributed by atoms with Crippen molar-refractivity contribution in [3.63, 3.8) is 0 Å². The Morgan fingerprint density at radius 1 is 1.16 bits per heavy atom. The van der Waals surface area contributed by atoms with Gasteiger partial charge in [0.05, 0.1) is 25.4 Å². The van der Waals surface area contributed by atoms with E-state index < -0.39 is 0 Å². The van der Waals surface area contributed by atoms with E-state index in [2.05, 4.69) is 20.9 Å². The van der Waals surface area contributed by atoms with E-state index in [1.165, 1.54) is 6.92 Å². The van der Waals surface area contributed by atoms with Gasteiger partial charge in [0.15, 0.2) is 0 Å². The highest BCUT2D eigenvalue weighted by atomic mass is 16.5. The number of hydrogen-bond donors (Lipinski definition) is 3. The molecule has 0 aromatic heterocycles. The van der Waals surface area contributed by atoms with Crippen LogP contribution in [0.15, 0.2) is 47.5 Å². The van der Waals surface area contributed by atoms with Gasteiger partial charge in [-0.25, -0.2) is 4.99 Å². The molecule has 1 aliphatic heterocycles. The molecule has 0 bridgehead atoms. The van der Waals surface area contributed by atoms with Crippen molar-refractivity contribution < 1.29 is 19.1 Å². The molecule has 1 saturated heterocycles. The SMILES string of the molecule is COc1ccccc1NC(=NCC1CCCO1)NC(=O)c1ccc(C)c(NC(C)=O)c1. The van der Waals surface area contributed by atoms with Crippen LogP contribution in [-0.2, 0) is 9.53 Å². The zero-order chi connectivity index (χ0) is 22.2. The number of nitrogens with one attached hydrogen (secondary N) is 3. The fourth-order valence-corrected chi connectivity index (χ4v) is 3.23. The van der Waals surface area contributed by atoms with Crippen molar-refractivity contribution in [1.82, 2.24) is 5.32 Å². The van der Waals surface area contributed by atoms with Gasteiger partial charge in [0.25, 0.3) is 5.91 Å². The topological polar surface area (TPSA) is 101 Å². The van der Waals surface area contributed by atoms with Crippen molar-refractivity contribution in [3.8, 4) is 5.75 Å². The number of carbonyl (C=O) groups excluding carboxylic acids is 2. The minimum Gasteiger partial charge on any atom is -0.495 e. The average molecular weight is 425 g/mol. The predicted molar refractivity (Wildman–Crippen MR) is 121 cm³/mol. The van der Waals surface area contributed by atoms with Crippen LogP contribution in [0.5, 0.6) is 5.75 Å². The lowest BCUT2D eigenvalue weighted by Crippen LogP contribution is -2.37. The maximum atomic E-state index is 12.9. The largest absolute Gasteiger partial charge is 0.495 e. The molecule has 8 heteroatoms. The van der Waals surface area contributed by atoms with E-state index in [1.54, 1.807) is 25.3 Å². The second-order valence-corrected chi connectivity index (χ2v) is 7.31. The average Bonchev–Trinajstić information content (AvgIpc) is 3.27. The molecule has 164 valence electrons.